The lowest BCUT2D eigenvalue weighted by Gasteiger charge is -1.85. The zero-order chi connectivity index (χ0) is 12.8. The summed E-state index contributed by atoms with van der Waals surface area (Å²) in [6, 6.07) is 4.04. The first kappa shape index (κ1) is 10.5. The third-order valence-corrected chi connectivity index (χ3v) is 3.69. The van der Waals surface area contributed by atoms with Gasteiger partial charge >= 0.3 is 0 Å². The molecule has 0 atom stereocenters. The van der Waals surface area contributed by atoms with Crippen LogP contribution in [0.3, 0.4) is 0 Å². The highest BCUT2D eigenvalue weighted by Gasteiger charge is 2.14. The summed E-state index contributed by atoms with van der Waals surface area (Å²) in [5.74, 6) is 0.970. The van der Waals surface area contributed by atoms with Crippen molar-refractivity contribution in [3.8, 4) is 23.1 Å². The molecule has 7 heteroatoms. The SMILES string of the molecule is Cn1cnc(-c2noc(-c3cc4sccc4[nH]3)n2)c1. The molecule has 0 spiro atoms. The van der Waals surface area contributed by atoms with Gasteiger partial charge in [-0.05, 0) is 17.5 Å². The van der Waals surface area contributed by atoms with E-state index in [1.165, 1.54) is 4.70 Å². The van der Waals surface area contributed by atoms with E-state index in [9.17, 15) is 0 Å². The Hall–Kier alpha value is -2.41. The molecule has 6 nitrogen and oxygen atoms in total. The molecular weight excluding hydrogens is 262 g/mol. The standard InChI is InChI=1S/C12H9N5OS/c1-17-5-9(13-6-17)11-15-12(18-16-11)8-4-10-7(14-8)2-3-19-10/h2-6,14H,1H3. The first-order valence-electron chi connectivity index (χ1n) is 5.68. The van der Waals surface area contributed by atoms with Crippen LogP contribution in [0.4, 0.5) is 0 Å². The van der Waals surface area contributed by atoms with E-state index in [-0.39, 0.29) is 0 Å². The number of fused-ring (bicyclic) bond motifs is 1. The second-order valence-electron chi connectivity index (χ2n) is 4.23. The van der Waals surface area contributed by atoms with Gasteiger partial charge in [0.05, 0.1) is 16.5 Å². The minimum absolute atomic E-state index is 0.476. The average Bonchev–Trinajstić information content (AvgIpc) is 3.10. The molecule has 0 bridgehead atoms. The maximum absolute atomic E-state index is 5.28. The predicted octanol–water partition coefficient (Wildman–Crippen LogP) is 2.68. The topological polar surface area (TPSA) is 72.5 Å². The van der Waals surface area contributed by atoms with E-state index in [4.69, 9.17) is 4.52 Å². The largest absolute Gasteiger partial charge is 0.350 e. The third-order valence-electron chi connectivity index (χ3n) is 2.83. The van der Waals surface area contributed by atoms with Crippen molar-refractivity contribution in [2.45, 2.75) is 0 Å². The Kier molecular flexibility index (Phi) is 2.10. The summed E-state index contributed by atoms with van der Waals surface area (Å²) in [6.45, 7) is 0. The van der Waals surface area contributed by atoms with Crippen LogP contribution in [0, 0.1) is 0 Å². The number of thiophene rings is 1. The number of hydrogen-bond donors (Lipinski definition) is 1. The molecule has 0 aliphatic carbocycles. The molecule has 0 aliphatic heterocycles. The quantitative estimate of drug-likeness (QED) is 0.608. The summed E-state index contributed by atoms with van der Waals surface area (Å²) in [7, 11) is 1.90. The number of aromatic nitrogens is 5. The van der Waals surface area contributed by atoms with Crippen LogP contribution >= 0.6 is 11.3 Å². The highest BCUT2D eigenvalue weighted by Crippen LogP contribution is 2.27. The van der Waals surface area contributed by atoms with Gasteiger partial charge in [-0.3, -0.25) is 0 Å². The van der Waals surface area contributed by atoms with Crippen LogP contribution in [-0.4, -0.2) is 24.7 Å². The molecule has 94 valence electrons. The summed E-state index contributed by atoms with van der Waals surface area (Å²) in [5.41, 5.74) is 2.61. The number of rotatable bonds is 2. The third kappa shape index (κ3) is 1.66. The maximum Gasteiger partial charge on any atom is 0.274 e. The van der Waals surface area contributed by atoms with Gasteiger partial charge < -0.3 is 14.1 Å². The van der Waals surface area contributed by atoms with Crippen LogP contribution in [0.25, 0.3) is 33.3 Å². The monoisotopic (exact) mass is 271 g/mol. The molecule has 4 aromatic rings. The smallest absolute Gasteiger partial charge is 0.274 e. The molecule has 0 unspecified atom stereocenters. The number of aryl methyl sites for hydroxylation is 1. The van der Waals surface area contributed by atoms with Gasteiger partial charge in [-0.15, -0.1) is 11.3 Å². The van der Waals surface area contributed by atoms with Crippen LogP contribution < -0.4 is 0 Å². The van der Waals surface area contributed by atoms with Gasteiger partial charge in [0.1, 0.15) is 11.4 Å². The van der Waals surface area contributed by atoms with Gasteiger partial charge in [0.25, 0.3) is 5.89 Å². The predicted molar refractivity (Wildman–Crippen MR) is 71.7 cm³/mol. The van der Waals surface area contributed by atoms with Crippen molar-refractivity contribution in [3.05, 3.63) is 30.0 Å². The molecule has 0 radical (unpaired) electrons. The lowest BCUT2D eigenvalue weighted by molar-refractivity contribution is 0.431. The van der Waals surface area contributed by atoms with E-state index in [2.05, 4.69) is 20.1 Å². The summed E-state index contributed by atoms with van der Waals surface area (Å²) in [5, 5.41) is 5.99. The molecule has 0 saturated heterocycles. The summed E-state index contributed by atoms with van der Waals surface area (Å²) < 4.78 is 8.29. The van der Waals surface area contributed by atoms with Gasteiger partial charge in [-0.2, -0.15) is 4.98 Å². The molecule has 4 rings (SSSR count). The number of nitrogens with zero attached hydrogens (tertiary/aromatic N) is 4. The van der Waals surface area contributed by atoms with Crippen LogP contribution in [0.2, 0.25) is 0 Å². The van der Waals surface area contributed by atoms with Crippen LogP contribution in [0.15, 0.2) is 34.6 Å². The number of nitrogens with one attached hydrogen (secondary N) is 1. The van der Waals surface area contributed by atoms with E-state index < -0.39 is 0 Å². The Morgan fingerprint density at radius 1 is 1.42 bits per heavy atom. The lowest BCUT2D eigenvalue weighted by Crippen LogP contribution is -1.81. The van der Waals surface area contributed by atoms with E-state index in [0.29, 0.717) is 17.4 Å². The van der Waals surface area contributed by atoms with Gasteiger partial charge in [0.2, 0.25) is 5.82 Å². The summed E-state index contributed by atoms with van der Waals surface area (Å²) in [4.78, 5) is 11.8. The normalized spacial score (nSPS) is 11.4. The molecule has 19 heavy (non-hydrogen) atoms. The molecular formula is C12H9N5OS. The Balaban J connectivity index is 1.76. The molecule has 0 aromatic carbocycles. The van der Waals surface area contributed by atoms with Crippen molar-refractivity contribution in [3.63, 3.8) is 0 Å². The molecule has 1 N–H and O–H groups in total. The Morgan fingerprint density at radius 2 is 2.37 bits per heavy atom. The highest BCUT2D eigenvalue weighted by atomic mass is 32.1. The van der Waals surface area contributed by atoms with Crippen LogP contribution in [0.1, 0.15) is 0 Å². The lowest BCUT2D eigenvalue weighted by atomic mass is 10.4. The first-order chi connectivity index (χ1) is 9.29. The number of hydrogen-bond acceptors (Lipinski definition) is 5. The minimum atomic E-state index is 0.476. The zero-order valence-electron chi connectivity index (χ0n) is 9.99. The van der Waals surface area contributed by atoms with E-state index in [1.807, 2.05) is 35.3 Å². The molecule has 4 heterocycles. The van der Waals surface area contributed by atoms with Gasteiger partial charge in [0, 0.05) is 13.2 Å². The molecule has 0 fully saturated rings. The molecule has 0 amide bonds. The summed E-state index contributed by atoms with van der Waals surface area (Å²) >= 11 is 1.67. The zero-order valence-corrected chi connectivity index (χ0v) is 10.8. The van der Waals surface area contributed by atoms with Gasteiger partial charge in [0.15, 0.2) is 0 Å². The van der Waals surface area contributed by atoms with Crippen LogP contribution in [-0.2, 0) is 7.05 Å². The maximum atomic E-state index is 5.28. The fourth-order valence-corrected chi connectivity index (χ4v) is 2.71. The van der Waals surface area contributed by atoms with Gasteiger partial charge in [-0.25, -0.2) is 4.98 Å². The van der Waals surface area contributed by atoms with E-state index in [0.717, 1.165) is 11.2 Å². The fraction of sp³-hybridized carbons (Fsp3) is 0.0833. The van der Waals surface area contributed by atoms with Crippen LogP contribution in [0.5, 0.6) is 0 Å². The molecule has 4 aromatic heterocycles. The van der Waals surface area contributed by atoms with Crippen molar-refractivity contribution < 1.29 is 4.52 Å². The second kappa shape index (κ2) is 3.79. The van der Waals surface area contributed by atoms with E-state index in [1.54, 1.807) is 17.7 Å². The Labute approximate surface area is 111 Å². The molecule has 0 saturated carbocycles. The Morgan fingerprint density at radius 3 is 3.16 bits per heavy atom. The first-order valence-corrected chi connectivity index (χ1v) is 6.56. The number of imidazole rings is 1. The Bertz CT molecular complexity index is 824. The van der Waals surface area contributed by atoms with Crippen molar-refractivity contribution in [2.24, 2.45) is 7.05 Å². The molecule has 0 aliphatic rings. The van der Waals surface area contributed by atoms with Crippen molar-refractivity contribution in [2.75, 3.05) is 0 Å². The van der Waals surface area contributed by atoms with Gasteiger partial charge in [-0.1, -0.05) is 5.16 Å². The van der Waals surface area contributed by atoms with E-state index >= 15 is 0 Å². The van der Waals surface area contributed by atoms with Crippen molar-refractivity contribution in [1.82, 2.24) is 24.7 Å². The highest BCUT2D eigenvalue weighted by molar-refractivity contribution is 7.17. The summed E-state index contributed by atoms with van der Waals surface area (Å²) in [6.07, 6.45) is 3.55. The average molecular weight is 271 g/mol. The van der Waals surface area contributed by atoms with Crippen molar-refractivity contribution in [1.29, 1.82) is 0 Å². The van der Waals surface area contributed by atoms with Crippen molar-refractivity contribution >= 4 is 21.6 Å². The number of aromatic amines is 1. The number of H-pyrrole nitrogens is 1. The minimum Gasteiger partial charge on any atom is -0.350 e. The fourth-order valence-electron chi connectivity index (χ4n) is 1.93. The second-order valence-corrected chi connectivity index (χ2v) is 5.18.